The first kappa shape index (κ1) is 21.7. The van der Waals surface area contributed by atoms with Crippen molar-refractivity contribution in [2.45, 2.75) is 51.5 Å². The van der Waals surface area contributed by atoms with Gasteiger partial charge in [0, 0.05) is 18.5 Å². The third kappa shape index (κ3) is 3.77. The van der Waals surface area contributed by atoms with Crippen LogP contribution in [0.5, 0.6) is 11.5 Å². The van der Waals surface area contributed by atoms with Gasteiger partial charge in [-0.15, -0.1) is 0 Å². The van der Waals surface area contributed by atoms with E-state index < -0.39 is 17.7 Å². The number of benzene rings is 1. The van der Waals surface area contributed by atoms with Crippen LogP contribution in [0.1, 0.15) is 56.6 Å². The third-order valence-electron chi connectivity index (χ3n) is 6.26. The molecule has 1 fully saturated rings. The van der Waals surface area contributed by atoms with Crippen molar-refractivity contribution in [1.29, 1.82) is 5.26 Å². The van der Waals surface area contributed by atoms with Gasteiger partial charge in [0.15, 0.2) is 11.5 Å². The summed E-state index contributed by atoms with van der Waals surface area (Å²) in [6, 6.07) is 6.91. The van der Waals surface area contributed by atoms with Crippen molar-refractivity contribution in [3.63, 3.8) is 0 Å². The summed E-state index contributed by atoms with van der Waals surface area (Å²) in [7, 11) is 0. The molecule has 1 saturated heterocycles. The average molecular weight is 438 g/mol. The summed E-state index contributed by atoms with van der Waals surface area (Å²) in [6.45, 7) is 5.01. The van der Waals surface area contributed by atoms with E-state index in [1.54, 1.807) is 19.1 Å². The topological polar surface area (TPSA) is 131 Å². The first-order chi connectivity index (χ1) is 15.5. The van der Waals surface area contributed by atoms with Crippen molar-refractivity contribution >= 4 is 17.7 Å². The van der Waals surface area contributed by atoms with Crippen molar-refractivity contribution in [3.05, 3.63) is 39.7 Å². The molecule has 3 unspecified atom stereocenters. The summed E-state index contributed by atoms with van der Waals surface area (Å²) in [6.07, 6.45) is 4.10. The number of amides is 1. The Morgan fingerprint density at radius 2 is 2.12 bits per heavy atom. The van der Waals surface area contributed by atoms with Crippen molar-refractivity contribution in [2.75, 3.05) is 23.4 Å². The molecule has 2 aliphatic rings. The molecule has 3 atom stereocenters. The summed E-state index contributed by atoms with van der Waals surface area (Å²) in [5.74, 6) is -1.67. The minimum Gasteiger partial charge on any atom is -0.504 e. The van der Waals surface area contributed by atoms with Gasteiger partial charge in [0.1, 0.15) is 11.7 Å². The Balaban J connectivity index is 1.83. The summed E-state index contributed by atoms with van der Waals surface area (Å²) >= 11 is 0. The number of aromatic nitrogens is 2. The van der Waals surface area contributed by atoms with E-state index in [-0.39, 0.29) is 34.5 Å². The van der Waals surface area contributed by atoms with Gasteiger partial charge in [-0.1, -0.05) is 13.0 Å². The number of hydrogen-bond acceptors (Lipinski definition) is 7. The van der Waals surface area contributed by atoms with Crippen molar-refractivity contribution < 1.29 is 14.6 Å². The van der Waals surface area contributed by atoms with Gasteiger partial charge >= 0.3 is 0 Å². The van der Waals surface area contributed by atoms with Crippen molar-refractivity contribution in [2.24, 2.45) is 5.92 Å². The van der Waals surface area contributed by atoms with E-state index in [1.165, 1.54) is 6.07 Å². The van der Waals surface area contributed by atoms with Crippen LogP contribution in [0, 0.1) is 17.2 Å². The lowest BCUT2D eigenvalue weighted by atomic mass is 9.79. The first-order valence-electron chi connectivity index (χ1n) is 11.1. The number of phenolic OH excluding ortho intramolecular Hbond substituents is 1. The highest BCUT2D eigenvalue weighted by molar-refractivity contribution is 5.98. The van der Waals surface area contributed by atoms with Crippen molar-refractivity contribution in [3.8, 4) is 17.6 Å². The molecular weight excluding hydrogens is 410 g/mol. The van der Waals surface area contributed by atoms with Gasteiger partial charge in [-0.05, 0) is 50.3 Å². The molecule has 32 heavy (non-hydrogen) atoms. The lowest BCUT2D eigenvalue weighted by Gasteiger charge is -2.36. The highest BCUT2D eigenvalue weighted by Crippen LogP contribution is 2.41. The fourth-order valence-electron chi connectivity index (χ4n) is 4.69. The van der Waals surface area contributed by atoms with E-state index in [0.717, 1.165) is 32.2 Å². The van der Waals surface area contributed by atoms with Gasteiger partial charge < -0.3 is 20.1 Å². The van der Waals surface area contributed by atoms with Crippen LogP contribution in [0.2, 0.25) is 0 Å². The molecule has 9 heteroatoms. The largest absolute Gasteiger partial charge is 0.504 e. The number of aromatic hydroxyl groups is 1. The molecule has 9 nitrogen and oxygen atoms in total. The van der Waals surface area contributed by atoms with Crippen LogP contribution in [-0.2, 0) is 4.79 Å². The molecule has 0 radical (unpaired) electrons. The quantitative estimate of drug-likeness (QED) is 0.655. The maximum atomic E-state index is 13.3. The van der Waals surface area contributed by atoms with Gasteiger partial charge in [0.2, 0.25) is 11.9 Å². The van der Waals surface area contributed by atoms with Gasteiger partial charge in [0.05, 0.1) is 18.2 Å². The standard InChI is InChI=1S/C23H27N5O4/c1-3-14-7-5-6-10-28(14)23-26-20-19(22(31)27-23)18(15(12-24)21(30)25-20)13-8-9-16(29)17(11-13)32-4-2/h8-9,11,14-15,18,29H,3-7,10H2,1-2H3,(H2,25,26,27,30,31). The second kappa shape index (κ2) is 8.91. The molecule has 2 aliphatic heterocycles. The number of H-pyrrole nitrogens is 1. The lowest BCUT2D eigenvalue weighted by molar-refractivity contribution is -0.119. The number of nitriles is 1. The molecule has 3 N–H and O–H groups in total. The normalized spacial score (nSPS) is 22.6. The zero-order valence-electron chi connectivity index (χ0n) is 18.2. The van der Waals surface area contributed by atoms with Gasteiger partial charge in [-0.2, -0.15) is 10.2 Å². The van der Waals surface area contributed by atoms with Crippen LogP contribution in [-0.4, -0.2) is 40.2 Å². The Bertz CT molecular complexity index is 1120. The number of fused-ring (bicyclic) bond motifs is 1. The number of nitrogens with zero attached hydrogens (tertiary/aromatic N) is 3. The number of nitrogens with one attached hydrogen (secondary N) is 2. The molecular formula is C23H27N5O4. The Hall–Kier alpha value is -3.54. The molecule has 0 saturated carbocycles. The maximum absolute atomic E-state index is 13.3. The number of aromatic amines is 1. The van der Waals surface area contributed by atoms with Crippen LogP contribution < -0.4 is 20.5 Å². The molecule has 0 aliphatic carbocycles. The number of piperidine rings is 1. The van der Waals surface area contributed by atoms with Crippen LogP contribution in [0.25, 0.3) is 0 Å². The molecule has 3 heterocycles. The average Bonchev–Trinajstić information content (AvgIpc) is 2.79. The molecule has 1 aromatic carbocycles. The Morgan fingerprint density at radius 3 is 2.84 bits per heavy atom. The lowest BCUT2D eigenvalue weighted by Crippen LogP contribution is -2.43. The minimum atomic E-state index is -1.12. The summed E-state index contributed by atoms with van der Waals surface area (Å²) in [5.41, 5.74) is 0.373. The number of rotatable bonds is 5. The molecule has 1 amide bonds. The van der Waals surface area contributed by atoms with E-state index in [9.17, 15) is 20.0 Å². The first-order valence-corrected chi connectivity index (χ1v) is 11.1. The van der Waals surface area contributed by atoms with Crippen molar-refractivity contribution in [1.82, 2.24) is 9.97 Å². The predicted octanol–water partition coefficient (Wildman–Crippen LogP) is 2.87. The number of anilines is 2. The Morgan fingerprint density at radius 1 is 1.31 bits per heavy atom. The second-order valence-corrected chi connectivity index (χ2v) is 8.14. The van der Waals surface area contributed by atoms with Crippen LogP contribution in [0.4, 0.5) is 11.8 Å². The van der Waals surface area contributed by atoms with E-state index in [0.29, 0.717) is 18.1 Å². The Kier molecular flexibility index (Phi) is 6.04. The third-order valence-corrected chi connectivity index (χ3v) is 6.26. The monoisotopic (exact) mass is 437 g/mol. The zero-order chi connectivity index (χ0) is 22.8. The highest BCUT2D eigenvalue weighted by atomic mass is 16.5. The summed E-state index contributed by atoms with van der Waals surface area (Å²) in [4.78, 5) is 35.7. The van der Waals surface area contributed by atoms with Gasteiger partial charge in [-0.25, -0.2) is 0 Å². The number of hydrogen-bond donors (Lipinski definition) is 3. The number of phenols is 1. The molecule has 0 spiro atoms. The number of carbonyl (C=O) groups excluding carboxylic acids is 1. The van der Waals surface area contributed by atoms with Gasteiger partial charge in [-0.3, -0.25) is 14.6 Å². The predicted molar refractivity (Wildman–Crippen MR) is 119 cm³/mol. The molecule has 4 rings (SSSR count). The van der Waals surface area contributed by atoms with Crippen LogP contribution >= 0.6 is 0 Å². The Labute approximate surface area is 186 Å². The van der Waals surface area contributed by atoms with E-state index in [2.05, 4.69) is 27.1 Å². The molecule has 168 valence electrons. The molecule has 1 aromatic heterocycles. The molecule has 2 aromatic rings. The molecule has 0 bridgehead atoms. The number of carbonyl (C=O) groups is 1. The van der Waals surface area contributed by atoms with Crippen LogP contribution in [0.15, 0.2) is 23.0 Å². The number of ether oxygens (including phenoxy) is 1. The highest BCUT2D eigenvalue weighted by Gasteiger charge is 2.41. The fraction of sp³-hybridized carbons (Fsp3) is 0.478. The fourth-order valence-corrected chi connectivity index (χ4v) is 4.69. The second-order valence-electron chi connectivity index (χ2n) is 8.14. The SMILES string of the molecule is CCOc1cc(C2c3c(nc(N4CCCCC4CC)[nH]c3=O)NC(=O)C2C#N)ccc1O. The van der Waals surface area contributed by atoms with E-state index in [1.807, 2.05) is 6.07 Å². The summed E-state index contributed by atoms with van der Waals surface area (Å²) in [5, 5.41) is 22.5. The summed E-state index contributed by atoms with van der Waals surface area (Å²) < 4.78 is 5.46. The van der Waals surface area contributed by atoms with Gasteiger partial charge in [0.25, 0.3) is 5.56 Å². The van der Waals surface area contributed by atoms with E-state index in [4.69, 9.17) is 4.74 Å². The minimum absolute atomic E-state index is 0.0531. The maximum Gasteiger partial charge on any atom is 0.258 e. The zero-order valence-corrected chi connectivity index (χ0v) is 18.2. The van der Waals surface area contributed by atoms with E-state index >= 15 is 0 Å². The smallest absolute Gasteiger partial charge is 0.258 e. The van der Waals surface area contributed by atoms with Crippen LogP contribution in [0.3, 0.4) is 0 Å².